The molecule has 2 nitrogen and oxygen atoms in total. The van der Waals surface area contributed by atoms with Gasteiger partial charge in [-0.15, -0.1) is 0 Å². The predicted molar refractivity (Wildman–Crippen MR) is 94.2 cm³/mol. The first-order valence-corrected chi connectivity index (χ1v) is 8.29. The van der Waals surface area contributed by atoms with Gasteiger partial charge in [-0.2, -0.15) is 22.0 Å². The number of aryl methyl sites for hydroxylation is 1. The van der Waals surface area contributed by atoms with Crippen LogP contribution >= 0.6 is 0 Å². The normalized spacial score (nSPS) is 12.4. The van der Waals surface area contributed by atoms with Crippen LogP contribution in [0.25, 0.3) is 0 Å². The molecule has 150 valence electrons. The number of carbonyl (C=O) groups is 1. The Morgan fingerprint density at radius 1 is 1.00 bits per heavy atom. The van der Waals surface area contributed by atoms with Crippen molar-refractivity contribution in [1.82, 2.24) is 0 Å². The van der Waals surface area contributed by atoms with E-state index < -0.39 is 35.7 Å². The minimum Gasteiger partial charge on any atom is -0.362 e. The van der Waals surface area contributed by atoms with Crippen molar-refractivity contribution < 1.29 is 31.1 Å². The van der Waals surface area contributed by atoms with E-state index in [-0.39, 0.29) is 11.8 Å². The number of nitrogens with one attached hydrogen (secondary N) is 1. The molecule has 0 spiro atoms. The van der Waals surface area contributed by atoms with Crippen molar-refractivity contribution in [1.29, 1.82) is 0 Å². The quantitative estimate of drug-likeness (QED) is 0.343. The van der Waals surface area contributed by atoms with Crippen molar-refractivity contribution >= 4 is 11.5 Å². The van der Waals surface area contributed by atoms with E-state index in [1.54, 1.807) is 24.3 Å². The van der Waals surface area contributed by atoms with Gasteiger partial charge in [0.1, 0.15) is 0 Å². The molecule has 0 fully saturated rings. The maximum absolute atomic E-state index is 13.5. The zero-order valence-electron chi connectivity index (χ0n) is 14.8. The summed E-state index contributed by atoms with van der Waals surface area (Å²) in [4.78, 5) is 12.1. The minimum atomic E-state index is -4.89. The van der Waals surface area contributed by atoms with Crippen molar-refractivity contribution in [3.05, 3.63) is 77.0 Å². The van der Waals surface area contributed by atoms with Crippen LogP contribution in [0.15, 0.2) is 54.7 Å². The Balaban J connectivity index is 2.23. The van der Waals surface area contributed by atoms with Crippen LogP contribution in [0.3, 0.4) is 0 Å². The predicted octanol–water partition coefficient (Wildman–Crippen LogP) is 6.14. The van der Waals surface area contributed by atoms with Gasteiger partial charge in [0.2, 0.25) is 0 Å². The number of halogens is 6. The van der Waals surface area contributed by atoms with Crippen LogP contribution in [0.2, 0.25) is 0 Å². The lowest BCUT2D eigenvalue weighted by Crippen LogP contribution is -2.18. The summed E-state index contributed by atoms with van der Waals surface area (Å²) in [6.45, 7) is -0.174. The first kappa shape index (κ1) is 21.5. The Morgan fingerprint density at radius 2 is 1.61 bits per heavy atom. The summed E-state index contributed by atoms with van der Waals surface area (Å²) in [5.74, 6) is -4.48. The molecule has 0 heterocycles. The lowest BCUT2D eigenvalue weighted by Gasteiger charge is -2.17. The largest absolute Gasteiger partial charge is 0.416 e. The third-order valence-electron chi connectivity index (χ3n) is 3.98. The third-order valence-corrected chi connectivity index (χ3v) is 3.98. The van der Waals surface area contributed by atoms with E-state index in [1.807, 2.05) is 6.92 Å². The van der Waals surface area contributed by atoms with Gasteiger partial charge in [-0.05, 0) is 30.2 Å². The Bertz CT molecular complexity index is 856. The highest BCUT2D eigenvalue weighted by Gasteiger charge is 2.37. The molecule has 28 heavy (non-hydrogen) atoms. The average Bonchev–Trinajstić information content (AvgIpc) is 2.67. The molecule has 0 saturated carbocycles. The van der Waals surface area contributed by atoms with Crippen molar-refractivity contribution in [2.75, 3.05) is 12.0 Å². The Labute approximate surface area is 157 Å². The third kappa shape index (κ3) is 5.37. The van der Waals surface area contributed by atoms with Crippen LogP contribution in [0.5, 0.6) is 0 Å². The molecule has 0 aliphatic heterocycles. The molecule has 8 heteroatoms. The smallest absolute Gasteiger partial charge is 0.362 e. The first-order valence-electron chi connectivity index (χ1n) is 8.29. The number of anilines is 1. The number of hydrogen-bond acceptors (Lipinski definition) is 2. The number of benzene rings is 2. The molecular weight excluding hydrogens is 384 g/mol. The second kappa shape index (κ2) is 8.50. The molecule has 0 aliphatic rings. The Morgan fingerprint density at radius 3 is 2.14 bits per heavy atom. The van der Waals surface area contributed by atoms with Gasteiger partial charge >= 0.3 is 12.1 Å². The molecule has 1 N–H and O–H groups in total. The van der Waals surface area contributed by atoms with Gasteiger partial charge in [-0.25, -0.2) is 4.39 Å². The summed E-state index contributed by atoms with van der Waals surface area (Å²) in [5.41, 5.74) is -1.41. The van der Waals surface area contributed by atoms with Gasteiger partial charge in [0.15, 0.2) is 12.5 Å². The van der Waals surface area contributed by atoms with Crippen LogP contribution in [-0.4, -0.2) is 12.5 Å². The van der Waals surface area contributed by atoms with E-state index in [0.29, 0.717) is 17.7 Å². The van der Waals surface area contributed by atoms with Crippen molar-refractivity contribution in [3.63, 3.8) is 0 Å². The molecule has 0 unspecified atom stereocenters. The fourth-order valence-electron chi connectivity index (χ4n) is 2.38. The van der Waals surface area contributed by atoms with E-state index in [1.165, 1.54) is 0 Å². The lowest BCUT2D eigenvalue weighted by atomic mass is 10.0. The Kier molecular flexibility index (Phi) is 6.53. The molecule has 0 aromatic heterocycles. The fraction of sp³-hybridized carbons (Fsp3) is 0.250. The second-order valence-corrected chi connectivity index (χ2v) is 6.03. The van der Waals surface area contributed by atoms with Crippen LogP contribution < -0.4 is 5.32 Å². The average molecular weight is 401 g/mol. The summed E-state index contributed by atoms with van der Waals surface area (Å²) in [6.07, 6.45) is -1.98. The molecular formula is C20H17F6NO. The van der Waals surface area contributed by atoms with Crippen LogP contribution in [0.1, 0.15) is 34.0 Å². The van der Waals surface area contributed by atoms with E-state index in [4.69, 9.17) is 0 Å². The lowest BCUT2D eigenvalue weighted by molar-refractivity contribution is -0.137. The highest BCUT2D eigenvalue weighted by atomic mass is 19.4. The molecule has 0 saturated heterocycles. The zero-order chi connectivity index (χ0) is 20.9. The second-order valence-electron chi connectivity index (χ2n) is 6.03. The maximum atomic E-state index is 13.5. The first-order chi connectivity index (χ1) is 13.1. The van der Waals surface area contributed by atoms with E-state index in [2.05, 4.69) is 5.32 Å². The number of rotatable bonds is 7. The molecule has 2 aromatic carbocycles. The van der Waals surface area contributed by atoms with Crippen molar-refractivity contribution in [2.45, 2.75) is 25.4 Å². The summed E-state index contributed by atoms with van der Waals surface area (Å²) in [7, 11) is 0. The highest BCUT2D eigenvalue weighted by Crippen LogP contribution is 2.37. The molecule has 2 aromatic rings. The minimum absolute atomic E-state index is 0.203. The summed E-state index contributed by atoms with van der Waals surface area (Å²) in [6, 6.07) is 8.27. The number of ketones is 1. The molecule has 0 atom stereocenters. The van der Waals surface area contributed by atoms with E-state index >= 15 is 0 Å². The number of alkyl halides is 6. The molecule has 0 aliphatic carbocycles. The van der Waals surface area contributed by atoms with Gasteiger partial charge in [0.05, 0.1) is 5.56 Å². The van der Waals surface area contributed by atoms with Gasteiger partial charge in [-0.1, -0.05) is 31.2 Å². The fourth-order valence-corrected chi connectivity index (χ4v) is 2.38. The monoisotopic (exact) mass is 401 g/mol. The topological polar surface area (TPSA) is 29.1 Å². The van der Waals surface area contributed by atoms with Crippen molar-refractivity contribution in [2.24, 2.45) is 0 Å². The van der Waals surface area contributed by atoms with Gasteiger partial charge in [0.25, 0.3) is 0 Å². The van der Waals surface area contributed by atoms with E-state index in [9.17, 15) is 31.1 Å². The van der Waals surface area contributed by atoms with E-state index in [0.717, 1.165) is 24.3 Å². The number of allylic oxidation sites excluding steroid dienone is 1. The standard InChI is InChI=1S/C20H17F6NO/c1-2-13-3-5-14(6-4-13)18(28)7-8-27-17-10-15(19(22,23)12-21)9-16(11-17)20(24,25)26/h3-11,27H,2,12H2,1H3. The SMILES string of the molecule is CCc1ccc(C(=O)C=CNc2cc(C(F)(F)F)cc(C(F)(F)CF)c2)cc1. The van der Waals surface area contributed by atoms with Crippen LogP contribution in [0, 0.1) is 0 Å². The summed E-state index contributed by atoms with van der Waals surface area (Å²) >= 11 is 0. The summed E-state index contributed by atoms with van der Waals surface area (Å²) in [5, 5.41) is 2.36. The Hall–Kier alpha value is -2.77. The maximum Gasteiger partial charge on any atom is 0.416 e. The van der Waals surface area contributed by atoms with Crippen LogP contribution in [-0.2, 0) is 18.5 Å². The molecule has 0 bridgehead atoms. The van der Waals surface area contributed by atoms with Crippen molar-refractivity contribution in [3.8, 4) is 0 Å². The number of hydrogen-bond donors (Lipinski definition) is 1. The highest BCUT2D eigenvalue weighted by molar-refractivity contribution is 6.04. The molecule has 0 radical (unpaired) electrons. The molecule has 2 rings (SSSR count). The number of carbonyl (C=O) groups excluding carboxylic acids is 1. The zero-order valence-corrected chi connectivity index (χ0v) is 14.8. The van der Waals surface area contributed by atoms with Gasteiger partial charge in [0, 0.05) is 29.1 Å². The van der Waals surface area contributed by atoms with Gasteiger partial charge < -0.3 is 5.32 Å². The van der Waals surface area contributed by atoms with Gasteiger partial charge in [-0.3, -0.25) is 4.79 Å². The summed E-state index contributed by atoms with van der Waals surface area (Å²) < 4.78 is 78.4. The molecule has 0 amide bonds. The van der Waals surface area contributed by atoms with Crippen LogP contribution in [0.4, 0.5) is 32.0 Å².